The Labute approximate surface area is 101 Å². The molecule has 5 heteroatoms. The van der Waals surface area contributed by atoms with E-state index in [2.05, 4.69) is 21.8 Å². The maximum Gasteiger partial charge on any atom is 0.146 e. The lowest BCUT2D eigenvalue weighted by Gasteiger charge is -2.30. The van der Waals surface area contributed by atoms with Crippen LogP contribution in [0.25, 0.3) is 0 Å². The fraction of sp³-hybridized carbons (Fsp3) is 0.818. The maximum atomic E-state index is 4.09. The van der Waals surface area contributed by atoms with Gasteiger partial charge in [0.15, 0.2) is 0 Å². The van der Waals surface area contributed by atoms with E-state index in [1.165, 1.54) is 25.7 Å². The van der Waals surface area contributed by atoms with Crippen LogP contribution in [-0.4, -0.2) is 32.3 Å². The second-order valence-electron chi connectivity index (χ2n) is 4.40. The number of rotatable bonds is 4. The zero-order valence-corrected chi connectivity index (χ0v) is 10.8. The molecule has 0 saturated heterocycles. The van der Waals surface area contributed by atoms with Gasteiger partial charge in [0, 0.05) is 18.3 Å². The molecule has 2 rings (SSSR count). The fourth-order valence-corrected chi connectivity index (χ4v) is 3.27. The largest absolute Gasteiger partial charge is 0.320 e. The molecule has 1 aromatic heterocycles. The summed E-state index contributed by atoms with van der Waals surface area (Å²) in [6.07, 6.45) is 9.35. The highest BCUT2D eigenvalue weighted by molar-refractivity contribution is 7.99. The Kier molecular flexibility index (Phi) is 4.23. The van der Waals surface area contributed by atoms with E-state index in [9.17, 15) is 0 Å². The van der Waals surface area contributed by atoms with Crippen LogP contribution < -0.4 is 5.32 Å². The van der Waals surface area contributed by atoms with E-state index in [4.69, 9.17) is 0 Å². The third kappa shape index (κ3) is 2.77. The lowest BCUT2D eigenvalue weighted by atomic mass is 9.95. The summed E-state index contributed by atoms with van der Waals surface area (Å²) in [4.78, 5) is 0. The van der Waals surface area contributed by atoms with Gasteiger partial charge < -0.3 is 9.88 Å². The first-order valence-corrected chi connectivity index (χ1v) is 7.19. The average Bonchev–Trinajstić information content (AvgIpc) is 2.72. The van der Waals surface area contributed by atoms with Gasteiger partial charge in [0.1, 0.15) is 12.2 Å². The van der Waals surface area contributed by atoms with Crippen LogP contribution in [0, 0.1) is 0 Å². The molecular weight excluding hydrogens is 220 g/mol. The molecule has 1 aliphatic carbocycles. The SMILES string of the molecule is CSC1CCCCC1NCc1nncn1C. The zero-order chi connectivity index (χ0) is 11.4. The summed E-state index contributed by atoms with van der Waals surface area (Å²) in [5.41, 5.74) is 0. The van der Waals surface area contributed by atoms with Crippen LogP contribution in [0.2, 0.25) is 0 Å². The second kappa shape index (κ2) is 5.68. The first kappa shape index (κ1) is 11.9. The van der Waals surface area contributed by atoms with Crippen LogP contribution in [0.1, 0.15) is 31.5 Å². The number of hydrogen-bond acceptors (Lipinski definition) is 4. The Bertz CT molecular complexity index is 326. The Morgan fingerprint density at radius 3 is 3.00 bits per heavy atom. The van der Waals surface area contributed by atoms with Gasteiger partial charge in [-0.3, -0.25) is 0 Å². The normalized spacial score (nSPS) is 25.9. The van der Waals surface area contributed by atoms with Crippen LogP contribution in [0.15, 0.2) is 6.33 Å². The summed E-state index contributed by atoms with van der Waals surface area (Å²) >= 11 is 1.99. The molecule has 0 amide bonds. The van der Waals surface area contributed by atoms with Crippen molar-refractivity contribution in [2.24, 2.45) is 7.05 Å². The second-order valence-corrected chi connectivity index (χ2v) is 5.48. The molecule has 1 aromatic rings. The molecule has 1 aliphatic rings. The summed E-state index contributed by atoms with van der Waals surface area (Å²) in [5.74, 6) is 1.02. The molecular formula is C11H20N4S. The predicted molar refractivity (Wildman–Crippen MR) is 67.4 cm³/mol. The molecule has 0 aromatic carbocycles. The van der Waals surface area contributed by atoms with Gasteiger partial charge in [-0.25, -0.2) is 0 Å². The summed E-state index contributed by atoms with van der Waals surface area (Å²) in [6, 6.07) is 0.639. The number of aromatic nitrogens is 3. The average molecular weight is 240 g/mol. The summed E-state index contributed by atoms with van der Waals surface area (Å²) in [6.45, 7) is 0.832. The van der Waals surface area contributed by atoms with Crippen molar-refractivity contribution in [2.75, 3.05) is 6.26 Å². The molecule has 0 radical (unpaired) electrons. The highest BCUT2D eigenvalue weighted by Gasteiger charge is 2.23. The fourth-order valence-electron chi connectivity index (χ4n) is 2.30. The summed E-state index contributed by atoms with van der Waals surface area (Å²) in [5, 5.41) is 12.4. The van der Waals surface area contributed by atoms with Crippen LogP contribution in [0.5, 0.6) is 0 Å². The Morgan fingerprint density at radius 2 is 2.31 bits per heavy atom. The number of nitrogens with zero attached hydrogens (tertiary/aromatic N) is 3. The molecule has 90 valence electrons. The van der Waals surface area contributed by atoms with Crippen molar-refractivity contribution in [1.82, 2.24) is 20.1 Å². The van der Waals surface area contributed by atoms with Crippen molar-refractivity contribution in [3.05, 3.63) is 12.2 Å². The van der Waals surface area contributed by atoms with Crippen molar-refractivity contribution in [3.63, 3.8) is 0 Å². The Morgan fingerprint density at radius 1 is 1.50 bits per heavy atom. The van der Waals surface area contributed by atoms with Gasteiger partial charge in [-0.2, -0.15) is 11.8 Å². The molecule has 0 bridgehead atoms. The molecule has 0 aliphatic heterocycles. The van der Waals surface area contributed by atoms with Crippen molar-refractivity contribution in [1.29, 1.82) is 0 Å². The summed E-state index contributed by atoms with van der Waals surface area (Å²) < 4.78 is 1.98. The Hall–Kier alpha value is -0.550. The third-order valence-corrected chi connectivity index (χ3v) is 4.50. The lowest BCUT2D eigenvalue weighted by Crippen LogP contribution is -2.40. The van der Waals surface area contributed by atoms with E-state index >= 15 is 0 Å². The minimum Gasteiger partial charge on any atom is -0.320 e. The third-order valence-electron chi connectivity index (χ3n) is 3.33. The first-order chi connectivity index (χ1) is 7.81. The molecule has 0 spiro atoms. The smallest absolute Gasteiger partial charge is 0.146 e. The van der Waals surface area contributed by atoms with E-state index < -0.39 is 0 Å². The van der Waals surface area contributed by atoms with Gasteiger partial charge in [0.05, 0.1) is 6.54 Å². The van der Waals surface area contributed by atoms with Crippen molar-refractivity contribution in [3.8, 4) is 0 Å². The standard InChI is InChI=1S/C11H20N4S/c1-15-8-13-14-11(15)7-12-9-5-3-4-6-10(9)16-2/h8-10,12H,3-7H2,1-2H3. The predicted octanol–water partition coefficient (Wildman–Crippen LogP) is 1.58. The minimum atomic E-state index is 0.639. The zero-order valence-electron chi connectivity index (χ0n) is 10.0. The highest BCUT2D eigenvalue weighted by Crippen LogP contribution is 2.27. The summed E-state index contributed by atoms with van der Waals surface area (Å²) in [7, 11) is 1.99. The quantitative estimate of drug-likeness (QED) is 0.867. The Balaban J connectivity index is 1.86. The number of thioether (sulfide) groups is 1. The van der Waals surface area contributed by atoms with Crippen molar-refractivity contribution >= 4 is 11.8 Å². The topological polar surface area (TPSA) is 42.7 Å². The minimum absolute atomic E-state index is 0.639. The van der Waals surface area contributed by atoms with Gasteiger partial charge in [-0.15, -0.1) is 10.2 Å². The van der Waals surface area contributed by atoms with Crippen LogP contribution in [-0.2, 0) is 13.6 Å². The molecule has 16 heavy (non-hydrogen) atoms. The van der Waals surface area contributed by atoms with Gasteiger partial charge in [0.25, 0.3) is 0 Å². The van der Waals surface area contributed by atoms with E-state index in [0.29, 0.717) is 6.04 Å². The monoisotopic (exact) mass is 240 g/mol. The van der Waals surface area contributed by atoms with Crippen LogP contribution in [0.4, 0.5) is 0 Å². The van der Waals surface area contributed by atoms with Gasteiger partial charge >= 0.3 is 0 Å². The number of aryl methyl sites for hydroxylation is 1. The maximum absolute atomic E-state index is 4.09. The van der Waals surface area contributed by atoms with Gasteiger partial charge in [-0.05, 0) is 19.1 Å². The molecule has 1 heterocycles. The van der Waals surface area contributed by atoms with Crippen LogP contribution >= 0.6 is 11.8 Å². The van der Waals surface area contributed by atoms with E-state index in [0.717, 1.165) is 17.6 Å². The van der Waals surface area contributed by atoms with Crippen molar-refractivity contribution in [2.45, 2.75) is 43.5 Å². The molecule has 2 unspecified atom stereocenters. The number of hydrogen-bond donors (Lipinski definition) is 1. The molecule has 4 nitrogen and oxygen atoms in total. The highest BCUT2D eigenvalue weighted by atomic mass is 32.2. The first-order valence-electron chi connectivity index (χ1n) is 5.90. The van der Waals surface area contributed by atoms with Crippen LogP contribution in [0.3, 0.4) is 0 Å². The van der Waals surface area contributed by atoms with E-state index in [1.807, 2.05) is 23.4 Å². The number of nitrogens with one attached hydrogen (secondary N) is 1. The molecule has 2 atom stereocenters. The molecule has 1 fully saturated rings. The van der Waals surface area contributed by atoms with Gasteiger partial charge in [-0.1, -0.05) is 12.8 Å². The molecule has 1 saturated carbocycles. The van der Waals surface area contributed by atoms with E-state index in [1.54, 1.807) is 6.33 Å². The lowest BCUT2D eigenvalue weighted by molar-refractivity contribution is 0.378. The van der Waals surface area contributed by atoms with Crippen molar-refractivity contribution < 1.29 is 0 Å². The molecule has 1 N–H and O–H groups in total. The van der Waals surface area contributed by atoms with E-state index in [-0.39, 0.29) is 0 Å². The van der Waals surface area contributed by atoms with Gasteiger partial charge in [0.2, 0.25) is 0 Å².